The third kappa shape index (κ3) is 3.65. The molecule has 0 bridgehead atoms. The largest absolute Gasteiger partial charge is 0.496 e. The first-order valence-corrected chi connectivity index (χ1v) is 10.3. The van der Waals surface area contributed by atoms with E-state index in [1.807, 2.05) is 30.9 Å². The van der Waals surface area contributed by atoms with Gasteiger partial charge in [0.25, 0.3) is 11.8 Å². The molecular formula is C24H26N2O5. The van der Waals surface area contributed by atoms with Crippen LogP contribution in [0.1, 0.15) is 19.4 Å². The van der Waals surface area contributed by atoms with Crippen molar-refractivity contribution in [2.75, 3.05) is 32.2 Å². The van der Waals surface area contributed by atoms with Gasteiger partial charge in [-0.15, -0.1) is 0 Å². The van der Waals surface area contributed by atoms with Crippen molar-refractivity contribution < 1.29 is 23.8 Å². The second kappa shape index (κ2) is 8.43. The number of anilines is 1. The second-order valence-corrected chi connectivity index (χ2v) is 7.70. The van der Waals surface area contributed by atoms with Crippen molar-refractivity contribution in [1.29, 1.82) is 0 Å². The summed E-state index contributed by atoms with van der Waals surface area (Å²) in [5.74, 6) is 0.207. The van der Waals surface area contributed by atoms with Gasteiger partial charge >= 0.3 is 0 Å². The van der Waals surface area contributed by atoms with Gasteiger partial charge in [0, 0.05) is 18.7 Å². The van der Waals surface area contributed by atoms with Crippen LogP contribution in [0, 0.1) is 0 Å². The fourth-order valence-corrected chi connectivity index (χ4v) is 4.30. The molecule has 0 N–H and O–H groups in total. The molecule has 1 saturated heterocycles. The lowest BCUT2D eigenvalue weighted by Crippen LogP contribution is -2.47. The van der Waals surface area contributed by atoms with Gasteiger partial charge in [-0.25, -0.2) is 4.90 Å². The number of benzene rings is 2. The molecule has 7 nitrogen and oxygen atoms in total. The van der Waals surface area contributed by atoms with Gasteiger partial charge in [0.05, 0.1) is 37.7 Å². The Balaban J connectivity index is 1.89. The Morgan fingerprint density at radius 2 is 1.42 bits per heavy atom. The van der Waals surface area contributed by atoms with Crippen molar-refractivity contribution in [3.8, 4) is 11.5 Å². The highest BCUT2D eigenvalue weighted by Crippen LogP contribution is 2.41. The summed E-state index contributed by atoms with van der Waals surface area (Å²) in [6, 6.07) is 14.3. The van der Waals surface area contributed by atoms with Gasteiger partial charge in [-0.2, -0.15) is 0 Å². The van der Waals surface area contributed by atoms with Crippen LogP contribution < -0.4 is 14.4 Å². The molecule has 0 spiro atoms. The lowest BCUT2D eigenvalue weighted by atomic mass is 10.0. The summed E-state index contributed by atoms with van der Waals surface area (Å²) in [7, 11) is 3.07. The zero-order valence-corrected chi connectivity index (χ0v) is 18.1. The fraction of sp³-hybridized carbons (Fsp3) is 0.333. The Hall–Kier alpha value is -3.32. The molecule has 0 saturated carbocycles. The molecule has 2 aromatic carbocycles. The van der Waals surface area contributed by atoms with Crippen LogP contribution in [-0.4, -0.2) is 56.2 Å². The molecule has 0 aromatic heterocycles. The zero-order valence-electron chi connectivity index (χ0n) is 18.1. The average Bonchev–Trinajstić information content (AvgIpc) is 3.02. The molecule has 2 amide bonds. The Labute approximate surface area is 181 Å². The van der Waals surface area contributed by atoms with E-state index in [1.165, 1.54) is 12.0 Å². The monoisotopic (exact) mass is 422 g/mol. The van der Waals surface area contributed by atoms with E-state index in [-0.39, 0.29) is 18.1 Å². The maximum atomic E-state index is 13.7. The van der Waals surface area contributed by atoms with Gasteiger partial charge in [-0.3, -0.25) is 9.59 Å². The molecule has 4 rings (SSSR count). The summed E-state index contributed by atoms with van der Waals surface area (Å²) >= 11 is 0. The Morgan fingerprint density at radius 3 is 2.06 bits per heavy atom. The predicted octanol–water partition coefficient (Wildman–Crippen LogP) is 3.10. The Morgan fingerprint density at radius 1 is 0.839 bits per heavy atom. The van der Waals surface area contributed by atoms with Crippen LogP contribution in [0.3, 0.4) is 0 Å². The van der Waals surface area contributed by atoms with E-state index in [4.69, 9.17) is 14.2 Å². The van der Waals surface area contributed by atoms with E-state index >= 15 is 0 Å². The van der Waals surface area contributed by atoms with Crippen molar-refractivity contribution in [3.63, 3.8) is 0 Å². The number of morpholine rings is 1. The van der Waals surface area contributed by atoms with Crippen molar-refractivity contribution in [2.24, 2.45) is 0 Å². The summed E-state index contributed by atoms with van der Waals surface area (Å²) in [5, 5.41) is 0. The summed E-state index contributed by atoms with van der Waals surface area (Å²) < 4.78 is 16.8. The zero-order chi connectivity index (χ0) is 22.1. The van der Waals surface area contributed by atoms with Gasteiger partial charge in [0.1, 0.15) is 17.2 Å². The molecule has 2 heterocycles. The van der Waals surface area contributed by atoms with Gasteiger partial charge < -0.3 is 19.1 Å². The molecule has 7 heteroatoms. The van der Waals surface area contributed by atoms with Gasteiger partial charge in [-0.1, -0.05) is 30.3 Å². The highest BCUT2D eigenvalue weighted by molar-refractivity contribution is 6.46. The average molecular weight is 422 g/mol. The summed E-state index contributed by atoms with van der Waals surface area (Å²) in [6.45, 7) is 4.95. The topological polar surface area (TPSA) is 68.3 Å². The number of para-hydroxylation sites is 3. The molecule has 2 unspecified atom stereocenters. The van der Waals surface area contributed by atoms with Crippen LogP contribution >= 0.6 is 0 Å². The van der Waals surface area contributed by atoms with Crippen molar-refractivity contribution in [2.45, 2.75) is 26.1 Å². The summed E-state index contributed by atoms with van der Waals surface area (Å²) in [4.78, 5) is 30.6. The van der Waals surface area contributed by atoms with Crippen LogP contribution in [0.25, 0.3) is 5.57 Å². The van der Waals surface area contributed by atoms with E-state index < -0.39 is 5.91 Å². The molecular weight excluding hydrogens is 396 g/mol. The first-order chi connectivity index (χ1) is 15.0. The minimum Gasteiger partial charge on any atom is -0.496 e. The normalized spacial score (nSPS) is 21.7. The third-order valence-corrected chi connectivity index (χ3v) is 5.50. The summed E-state index contributed by atoms with van der Waals surface area (Å²) in [6.07, 6.45) is -0.142. The molecule has 2 aromatic rings. The number of imide groups is 1. The molecule has 1 fully saturated rings. The van der Waals surface area contributed by atoms with E-state index in [2.05, 4.69) is 0 Å². The van der Waals surface area contributed by atoms with Crippen molar-refractivity contribution in [3.05, 3.63) is 59.8 Å². The predicted molar refractivity (Wildman–Crippen MR) is 117 cm³/mol. The summed E-state index contributed by atoms with van der Waals surface area (Å²) in [5.41, 5.74) is 1.69. The lowest BCUT2D eigenvalue weighted by molar-refractivity contribution is -0.121. The number of methoxy groups -OCH3 is 2. The highest BCUT2D eigenvalue weighted by Gasteiger charge is 2.45. The number of carbonyl (C=O) groups is 2. The maximum Gasteiger partial charge on any atom is 0.282 e. The van der Waals surface area contributed by atoms with E-state index in [0.717, 1.165) is 0 Å². The Bertz CT molecular complexity index is 1040. The van der Waals surface area contributed by atoms with Crippen LogP contribution in [-0.2, 0) is 14.3 Å². The highest BCUT2D eigenvalue weighted by atomic mass is 16.5. The Kier molecular flexibility index (Phi) is 5.69. The van der Waals surface area contributed by atoms with E-state index in [1.54, 1.807) is 43.5 Å². The van der Waals surface area contributed by atoms with Crippen molar-refractivity contribution >= 4 is 23.1 Å². The number of amides is 2. The van der Waals surface area contributed by atoms with Crippen LogP contribution in [0.15, 0.2) is 54.2 Å². The van der Waals surface area contributed by atoms with Crippen LogP contribution in [0.2, 0.25) is 0 Å². The molecule has 31 heavy (non-hydrogen) atoms. The lowest BCUT2D eigenvalue weighted by Gasteiger charge is -2.37. The fourth-order valence-electron chi connectivity index (χ4n) is 4.30. The molecule has 2 atom stereocenters. The second-order valence-electron chi connectivity index (χ2n) is 7.70. The molecule has 0 radical (unpaired) electrons. The van der Waals surface area contributed by atoms with Crippen LogP contribution in [0.5, 0.6) is 11.5 Å². The number of carbonyl (C=O) groups excluding carboxylic acids is 2. The first kappa shape index (κ1) is 20.9. The van der Waals surface area contributed by atoms with E-state index in [9.17, 15) is 9.59 Å². The number of hydrogen-bond donors (Lipinski definition) is 0. The molecule has 2 aliphatic heterocycles. The molecule has 2 aliphatic rings. The number of hydrogen-bond acceptors (Lipinski definition) is 6. The van der Waals surface area contributed by atoms with Crippen molar-refractivity contribution in [1.82, 2.24) is 4.90 Å². The number of nitrogens with zero attached hydrogens (tertiary/aromatic N) is 2. The maximum absolute atomic E-state index is 13.7. The molecule has 162 valence electrons. The first-order valence-electron chi connectivity index (χ1n) is 10.3. The minimum atomic E-state index is -0.402. The van der Waals surface area contributed by atoms with Gasteiger partial charge in [-0.05, 0) is 32.0 Å². The smallest absolute Gasteiger partial charge is 0.282 e. The van der Waals surface area contributed by atoms with Crippen LogP contribution in [0.4, 0.5) is 5.69 Å². The van der Waals surface area contributed by atoms with Gasteiger partial charge in [0.2, 0.25) is 0 Å². The number of ether oxygens (including phenoxy) is 3. The molecule has 0 aliphatic carbocycles. The van der Waals surface area contributed by atoms with Gasteiger partial charge in [0.15, 0.2) is 0 Å². The van der Waals surface area contributed by atoms with E-state index in [0.29, 0.717) is 47.1 Å². The third-order valence-electron chi connectivity index (χ3n) is 5.50. The SMILES string of the molecule is COc1ccccc1C1=C(N2CC(C)OC(C)C2)C(=O)N(c2ccccc2OC)C1=O. The number of rotatable bonds is 5. The standard InChI is InChI=1S/C24H26N2O5/c1-15-13-25(14-16(2)31-15)22-21(17-9-5-7-11-19(17)29-3)23(27)26(24(22)28)18-10-6-8-12-20(18)30-4/h5-12,15-16H,13-14H2,1-4H3. The quantitative estimate of drug-likeness (QED) is 0.690. The minimum absolute atomic E-state index is 0.0709.